The van der Waals surface area contributed by atoms with Crippen LogP contribution in [0.25, 0.3) is 0 Å². The van der Waals surface area contributed by atoms with E-state index < -0.39 is 0 Å². The number of rotatable bonds is 4. The Hall–Kier alpha value is -1.42. The minimum Gasteiger partial charge on any atom is -0.330 e. The van der Waals surface area contributed by atoms with Crippen molar-refractivity contribution in [2.24, 2.45) is 11.1 Å². The molecule has 94 valence electrons. The van der Waals surface area contributed by atoms with Crippen molar-refractivity contribution in [1.82, 2.24) is 0 Å². The monoisotopic (exact) mass is 238 g/mol. The summed E-state index contributed by atoms with van der Waals surface area (Å²) < 4.78 is 13.0. The zero-order chi connectivity index (χ0) is 13.1. The van der Waals surface area contributed by atoms with E-state index in [1.165, 1.54) is 17.0 Å². The molecule has 0 heterocycles. The van der Waals surface area contributed by atoms with Gasteiger partial charge in [0, 0.05) is 19.2 Å². The second kappa shape index (κ2) is 5.27. The van der Waals surface area contributed by atoms with Gasteiger partial charge in [0.25, 0.3) is 0 Å². The van der Waals surface area contributed by atoms with Gasteiger partial charge in [0.1, 0.15) is 5.82 Å². The lowest BCUT2D eigenvalue weighted by molar-refractivity contribution is -0.120. The molecule has 17 heavy (non-hydrogen) atoms. The smallest absolute Gasteiger partial charge is 0.227 e. The number of amides is 1. The molecule has 0 aliphatic heterocycles. The molecule has 0 bridgehead atoms. The first-order valence-corrected chi connectivity index (χ1v) is 5.58. The summed E-state index contributed by atoms with van der Waals surface area (Å²) in [6.45, 7) is 4.31. The van der Waals surface area contributed by atoms with E-state index in [9.17, 15) is 9.18 Å². The molecular weight excluding hydrogens is 219 g/mol. The first-order valence-electron chi connectivity index (χ1n) is 5.58. The molecule has 0 radical (unpaired) electrons. The maximum atomic E-state index is 13.0. The van der Waals surface area contributed by atoms with E-state index in [4.69, 9.17) is 5.73 Å². The van der Waals surface area contributed by atoms with Gasteiger partial charge < -0.3 is 10.6 Å². The van der Waals surface area contributed by atoms with Crippen molar-refractivity contribution >= 4 is 11.6 Å². The standard InChI is InChI=1S/C13H19FN2O/c1-13(2,9-15)8-12(17)16(3)11-6-4-5-10(14)7-11/h4-7H,8-9,15H2,1-3H3. The molecule has 1 aromatic carbocycles. The molecule has 1 aromatic rings. The average molecular weight is 238 g/mol. The summed E-state index contributed by atoms with van der Waals surface area (Å²) in [5.41, 5.74) is 5.91. The van der Waals surface area contributed by atoms with Crippen LogP contribution in [-0.4, -0.2) is 19.5 Å². The topological polar surface area (TPSA) is 46.3 Å². The number of halogens is 1. The van der Waals surface area contributed by atoms with Crippen LogP contribution >= 0.6 is 0 Å². The predicted molar refractivity (Wildman–Crippen MR) is 67.3 cm³/mol. The highest BCUT2D eigenvalue weighted by Gasteiger charge is 2.23. The highest BCUT2D eigenvalue weighted by Crippen LogP contribution is 2.22. The van der Waals surface area contributed by atoms with Gasteiger partial charge >= 0.3 is 0 Å². The normalized spacial score (nSPS) is 11.4. The Morgan fingerprint density at radius 1 is 1.47 bits per heavy atom. The van der Waals surface area contributed by atoms with Crippen LogP contribution in [0.4, 0.5) is 10.1 Å². The fraction of sp³-hybridized carbons (Fsp3) is 0.462. The lowest BCUT2D eigenvalue weighted by atomic mass is 9.89. The minimum atomic E-state index is -0.347. The molecule has 1 rings (SSSR count). The largest absolute Gasteiger partial charge is 0.330 e. The number of hydrogen-bond donors (Lipinski definition) is 1. The van der Waals surface area contributed by atoms with E-state index in [0.29, 0.717) is 18.7 Å². The van der Waals surface area contributed by atoms with E-state index in [1.54, 1.807) is 19.2 Å². The summed E-state index contributed by atoms with van der Waals surface area (Å²) >= 11 is 0. The van der Waals surface area contributed by atoms with Crippen LogP contribution < -0.4 is 10.6 Å². The summed E-state index contributed by atoms with van der Waals surface area (Å²) in [5.74, 6) is -0.411. The van der Waals surface area contributed by atoms with Crippen molar-refractivity contribution in [3.8, 4) is 0 Å². The van der Waals surface area contributed by atoms with E-state index in [1.807, 2.05) is 13.8 Å². The molecule has 0 aromatic heterocycles. The summed E-state index contributed by atoms with van der Waals surface area (Å²) in [6, 6.07) is 5.98. The second-order valence-corrected chi connectivity index (χ2v) is 4.98. The summed E-state index contributed by atoms with van der Waals surface area (Å²) in [5, 5.41) is 0. The Morgan fingerprint density at radius 2 is 2.12 bits per heavy atom. The van der Waals surface area contributed by atoms with Gasteiger partial charge in [-0.25, -0.2) is 4.39 Å². The Labute approximate surface area is 101 Å². The van der Waals surface area contributed by atoms with Gasteiger partial charge in [-0.3, -0.25) is 4.79 Å². The van der Waals surface area contributed by atoms with Crippen molar-refractivity contribution in [1.29, 1.82) is 0 Å². The zero-order valence-corrected chi connectivity index (χ0v) is 10.5. The Bertz CT molecular complexity index is 404. The van der Waals surface area contributed by atoms with Crippen LogP contribution in [0.2, 0.25) is 0 Å². The second-order valence-electron chi connectivity index (χ2n) is 4.98. The maximum Gasteiger partial charge on any atom is 0.227 e. The molecular formula is C13H19FN2O. The average Bonchev–Trinajstić information content (AvgIpc) is 2.27. The van der Waals surface area contributed by atoms with Crippen LogP contribution in [0.15, 0.2) is 24.3 Å². The summed E-state index contributed by atoms with van der Waals surface area (Å²) in [6.07, 6.45) is 0.344. The van der Waals surface area contributed by atoms with Gasteiger partial charge in [-0.15, -0.1) is 0 Å². The molecule has 4 heteroatoms. The molecule has 0 spiro atoms. The number of nitrogens with zero attached hydrogens (tertiary/aromatic N) is 1. The molecule has 0 saturated carbocycles. The van der Waals surface area contributed by atoms with Crippen LogP contribution in [0.3, 0.4) is 0 Å². The molecule has 0 saturated heterocycles. The SMILES string of the molecule is CN(C(=O)CC(C)(C)CN)c1cccc(F)c1. The molecule has 2 N–H and O–H groups in total. The van der Waals surface area contributed by atoms with Crippen molar-refractivity contribution in [2.45, 2.75) is 20.3 Å². The predicted octanol–water partition coefficient (Wildman–Crippen LogP) is 2.16. The fourth-order valence-electron chi connectivity index (χ4n) is 1.43. The first kappa shape index (κ1) is 13.6. The van der Waals surface area contributed by atoms with Crippen molar-refractivity contribution in [2.75, 3.05) is 18.5 Å². The molecule has 0 atom stereocenters. The van der Waals surface area contributed by atoms with E-state index in [-0.39, 0.29) is 17.1 Å². The van der Waals surface area contributed by atoms with E-state index >= 15 is 0 Å². The molecule has 3 nitrogen and oxygen atoms in total. The third-order valence-corrected chi connectivity index (χ3v) is 2.75. The summed E-state index contributed by atoms with van der Waals surface area (Å²) in [4.78, 5) is 13.4. The molecule has 0 aliphatic carbocycles. The molecule has 0 fully saturated rings. The third-order valence-electron chi connectivity index (χ3n) is 2.75. The quantitative estimate of drug-likeness (QED) is 0.873. The van der Waals surface area contributed by atoms with Crippen LogP contribution in [0.5, 0.6) is 0 Å². The summed E-state index contributed by atoms with van der Waals surface area (Å²) in [7, 11) is 1.64. The Balaban J connectivity index is 2.77. The third kappa shape index (κ3) is 3.82. The lowest BCUT2D eigenvalue weighted by Crippen LogP contribution is -2.34. The number of carbonyl (C=O) groups is 1. The molecule has 1 amide bonds. The van der Waals surface area contributed by atoms with Crippen molar-refractivity contribution in [3.63, 3.8) is 0 Å². The van der Waals surface area contributed by atoms with Gasteiger partial charge in [-0.2, -0.15) is 0 Å². The Kier molecular flexibility index (Phi) is 4.23. The molecule has 0 aliphatic rings. The van der Waals surface area contributed by atoms with Gasteiger partial charge in [0.2, 0.25) is 5.91 Å². The maximum absolute atomic E-state index is 13.0. The minimum absolute atomic E-state index is 0.0638. The zero-order valence-electron chi connectivity index (χ0n) is 10.5. The number of anilines is 1. The molecule has 0 unspecified atom stereocenters. The van der Waals surface area contributed by atoms with E-state index in [2.05, 4.69) is 0 Å². The van der Waals surface area contributed by atoms with Gasteiger partial charge in [0.15, 0.2) is 0 Å². The number of benzene rings is 1. The first-order chi connectivity index (χ1) is 7.85. The lowest BCUT2D eigenvalue weighted by Gasteiger charge is -2.25. The van der Waals surface area contributed by atoms with Crippen molar-refractivity contribution in [3.05, 3.63) is 30.1 Å². The van der Waals surface area contributed by atoms with Crippen molar-refractivity contribution < 1.29 is 9.18 Å². The van der Waals surface area contributed by atoms with Gasteiger partial charge in [-0.1, -0.05) is 19.9 Å². The number of nitrogens with two attached hydrogens (primary N) is 1. The van der Waals surface area contributed by atoms with Crippen LogP contribution in [0.1, 0.15) is 20.3 Å². The Morgan fingerprint density at radius 3 is 2.65 bits per heavy atom. The fourth-order valence-corrected chi connectivity index (χ4v) is 1.43. The van der Waals surface area contributed by atoms with Crippen LogP contribution in [0, 0.1) is 11.2 Å². The van der Waals surface area contributed by atoms with E-state index in [0.717, 1.165) is 0 Å². The highest BCUT2D eigenvalue weighted by molar-refractivity contribution is 5.93. The van der Waals surface area contributed by atoms with Crippen LogP contribution in [-0.2, 0) is 4.79 Å². The van der Waals surface area contributed by atoms with Gasteiger partial charge in [0.05, 0.1) is 0 Å². The van der Waals surface area contributed by atoms with Gasteiger partial charge in [-0.05, 0) is 30.2 Å². The highest BCUT2D eigenvalue weighted by atomic mass is 19.1. The number of carbonyl (C=O) groups excluding carboxylic acids is 1. The number of hydrogen-bond acceptors (Lipinski definition) is 2.